The van der Waals surface area contributed by atoms with Crippen molar-refractivity contribution in [3.8, 4) is 0 Å². The van der Waals surface area contributed by atoms with Crippen molar-refractivity contribution in [2.24, 2.45) is 10.3 Å². The number of nitrogens with two attached hydrogens (primary N) is 1. The van der Waals surface area contributed by atoms with E-state index >= 15 is 0 Å². The van der Waals surface area contributed by atoms with Gasteiger partial charge in [0.1, 0.15) is 0 Å². The van der Waals surface area contributed by atoms with Crippen LogP contribution in [-0.4, -0.2) is 12.8 Å². The molecule has 0 aromatic heterocycles. The second-order valence-corrected chi connectivity index (χ2v) is 6.43. The minimum atomic E-state index is -2.10. The van der Waals surface area contributed by atoms with Crippen LogP contribution < -0.4 is 10.6 Å². The first kappa shape index (κ1) is 13.2. The Kier molecular flexibility index (Phi) is 7.77. The van der Waals surface area contributed by atoms with E-state index in [2.05, 4.69) is 23.7 Å². The van der Waals surface area contributed by atoms with Crippen LogP contribution >= 0.6 is 6.49 Å². The Hall–Kier alpha value is 0.240. The van der Waals surface area contributed by atoms with Crippen LogP contribution in [0.4, 0.5) is 0 Å². The molecule has 5 heteroatoms. The number of nitrogens with zero attached hydrogens (tertiary/aromatic N) is 1. The van der Waals surface area contributed by atoms with Crippen LogP contribution in [0.3, 0.4) is 0 Å². The fourth-order valence-corrected chi connectivity index (χ4v) is 2.16. The topological polar surface area (TPSA) is 50.4 Å². The zero-order valence-corrected chi connectivity index (χ0v) is 10.2. The Labute approximate surface area is 86.4 Å². The van der Waals surface area contributed by atoms with E-state index in [1.54, 1.807) is 0 Å². The summed E-state index contributed by atoms with van der Waals surface area (Å²) in [6.07, 6.45) is 6.17. The smallest absolute Gasteiger partial charge is 0.179 e. The maximum absolute atomic E-state index is 5.82. The van der Waals surface area contributed by atoms with E-state index in [-0.39, 0.29) is 0 Å². The lowest BCUT2D eigenvalue weighted by Crippen LogP contribution is -2.15. The first-order chi connectivity index (χ1) is 6.12. The molecule has 0 saturated carbocycles. The summed E-state index contributed by atoms with van der Waals surface area (Å²) >= 11 is 5.15. The molecule has 0 aromatic rings. The van der Waals surface area contributed by atoms with Crippen molar-refractivity contribution in [2.45, 2.75) is 39.5 Å². The molecule has 0 amide bonds. The summed E-state index contributed by atoms with van der Waals surface area (Å²) in [6, 6.07) is 0. The van der Waals surface area contributed by atoms with Crippen LogP contribution in [0.2, 0.25) is 0 Å². The zero-order valence-electron chi connectivity index (χ0n) is 8.49. The van der Waals surface area contributed by atoms with Crippen LogP contribution in [0, 0.1) is 0 Å². The van der Waals surface area contributed by atoms with Crippen molar-refractivity contribution < 1.29 is 0 Å². The van der Waals surface area contributed by atoms with Crippen molar-refractivity contribution in [1.29, 1.82) is 0 Å². The molecular weight excluding hydrogens is 201 g/mol. The average molecular weight is 221 g/mol. The van der Waals surface area contributed by atoms with Crippen LogP contribution in [0.15, 0.2) is 4.76 Å². The monoisotopic (exact) mass is 221 g/mol. The summed E-state index contributed by atoms with van der Waals surface area (Å²) in [5, 5.41) is 3.12. The predicted octanol–water partition coefficient (Wildman–Crippen LogP) is 2.43. The lowest BCUT2D eigenvalue weighted by Gasteiger charge is -2.12. The largest absolute Gasteiger partial charge is 0.274 e. The highest BCUT2D eigenvalue weighted by molar-refractivity contribution is 8.11. The van der Waals surface area contributed by atoms with Crippen LogP contribution in [0.25, 0.3) is 0 Å². The van der Waals surface area contributed by atoms with Gasteiger partial charge in [-0.15, -0.1) is 0 Å². The normalized spacial score (nSPS) is 16.2. The van der Waals surface area contributed by atoms with Gasteiger partial charge in [0.25, 0.3) is 0 Å². The number of rotatable bonds is 7. The van der Waals surface area contributed by atoms with E-state index in [1.807, 2.05) is 6.21 Å². The summed E-state index contributed by atoms with van der Waals surface area (Å²) in [6.45, 7) is 3.03. The van der Waals surface area contributed by atoms with E-state index in [0.717, 1.165) is 32.2 Å². The van der Waals surface area contributed by atoms with Gasteiger partial charge >= 0.3 is 0 Å². The number of hydrogen-bond donors (Lipinski definition) is 2. The van der Waals surface area contributed by atoms with Crippen molar-refractivity contribution in [2.75, 3.05) is 6.54 Å². The van der Waals surface area contributed by atoms with E-state index in [4.69, 9.17) is 17.3 Å². The molecule has 0 fully saturated rings. The lowest BCUT2D eigenvalue weighted by molar-refractivity contribution is 0.769. The average Bonchev–Trinajstić information content (AvgIpc) is 2.05. The van der Waals surface area contributed by atoms with Crippen molar-refractivity contribution in [3.05, 3.63) is 0 Å². The summed E-state index contributed by atoms with van der Waals surface area (Å²) in [5.74, 6) is 0. The van der Waals surface area contributed by atoms with Gasteiger partial charge in [-0.05, 0) is 24.6 Å². The molecule has 78 valence electrons. The van der Waals surface area contributed by atoms with Crippen LogP contribution in [-0.2, 0) is 11.8 Å². The molecule has 0 radical (unpaired) electrons. The second kappa shape index (κ2) is 7.63. The van der Waals surface area contributed by atoms with E-state index < -0.39 is 6.49 Å². The molecule has 13 heavy (non-hydrogen) atoms. The third-order valence-electron chi connectivity index (χ3n) is 1.54. The van der Waals surface area contributed by atoms with Gasteiger partial charge in [0.15, 0.2) is 6.49 Å². The molecule has 0 rings (SSSR count). The molecule has 0 bridgehead atoms. The quantitative estimate of drug-likeness (QED) is 0.394. The maximum atomic E-state index is 5.82. The van der Waals surface area contributed by atoms with Crippen molar-refractivity contribution in [1.82, 2.24) is 5.09 Å². The third-order valence-corrected chi connectivity index (χ3v) is 3.39. The molecule has 1 atom stereocenters. The van der Waals surface area contributed by atoms with Crippen LogP contribution in [0.1, 0.15) is 39.5 Å². The summed E-state index contributed by atoms with van der Waals surface area (Å²) in [5.41, 5.74) is 5.82. The van der Waals surface area contributed by atoms with Gasteiger partial charge in [0.05, 0.1) is 0 Å². The second-order valence-electron chi connectivity index (χ2n) is 2.97. The molecule has 0 heterocycles. The van der Waals surface area contributed by atoms with Crippen LogP contribution in [0.5, 0.6) is 0 Å². The fourth-order valence-electron chi connectivity index (χ4n) is 0.765. The molecule has 0 aromatic carbocycles. The highest BCUT2D eigenvalue weighted by Gasteiger charge is 2.04. The SMILES string of the molecule is CCC/C=N/P(N)(=S)NCCCC. The minimum absolute atomic E-state index is 0.883. The summed E-state index contributed by atoms with van der Waals surface area (Å²) in [4.78, 5) is 0. The number of unbranched alkanes of at least 4 members (excludes halogenated alkanes) is 2. The zero-order chi connectivity index (χ0) is 10.2. The van der Waals surface area contributed by atoms with Gasteiger partial charge in [-0.2, -0.15) is 0 Å². The Bertz CT molecular complexity index is 194. The fraction of sp³-hybridized carbons (Fsp3) is 0.875. The highest BCUT2D eigenvalue weighted by Crippen LogP contribution is 2.32. The Morgan fingerprint density at radius 2 is 2.15 bits per heavy atom. The molecule has 3 nitrogen and oxygen atoms in total. The molecule has 0 spiro atoms. The molecule has 3 N–H and O–H groups in total. The molecule has 0 aliphatic carbocycles. The van der Waals surface area contributed by atoms with E-state index in [1.165, 1.54) is 0 Å². The minimum Gasteiger partial charge on any atom is -0.274 e. The van der Waals surface area contributed by atoms with Gasteiger partial charge in [0, 0.05) is 12.8 Å². The first-order valence-electron chi connectivity index (χ1n) is 4.80. The third kappa shape index (κ3) is 8.57. The Balaban J connectivity index is 3.72. The van der Waals surface area contributed by atoms with Crippen molar-refractivity contribution in [3.63, 3.8) is 0 Å². The van der Waals surface area contributed by atoms with Crippen molar-refractivity contribution >= 4 is 24.5 Å². The van der Waals surface area contributed by atoms with Gasteiger partial charge in [0.2, 0.25) is 0 Å². The molecule has 0 aliphatic heterocycles. The van der Waals surface area contributed by atoms with Gasteiger partial charge in [-0.1, -0.05) is 26.7 Å². The maximum Gasteiger partial charge on any atom is 0.179 e. The Morgan fingerprint density at radius 1 is 1.46 bits per heavy atom. The Morgan fingerprint density at radius 3 is 2.69 bits per heavy atom. The molecule has 0 saturated heterocycles. The molecule has 1 unspecified atom stereocenters. The van der Waals surface area contributed by atoms with Gasteiger partial charge in [-0.3, -0.25) is 10.6 Å². The first-order valence-corrected chi connectivity index (χ1v) is 7.62. The van der Waals surface area contributed by atoms with Gasteiger partial charge < -0.3 is 0 Å². The lowest BCUT2D eigenvalue weighted by atomic mass is 10.3. The van der Waals surface area contributed by atoms with E-state index in [9.17, 15) is 0 Å². The van der Waals surface area contributed by atoms with Gasteiger partial charge in [-0.25, -0.2) is 4.76 Å². The standard InChI is InChI=1S/C8H20N3PS/c1-3-5-7-10-12(9,13)11-8-6-4-2/h7H,3-6,8H2,1-2H3,(H3,9,11,13)/b10-7+. The molecule has 0 aliphatic rings. The number of nitrogens with one attached hydrogen (secondary N) is 1. The summed E-state index contributed by atoms with van der Waals surface area (Å²) in [7, 11) is 0. The highest BCUT2D eigenvalue weighted by atomic mass is 32.4. The number of hydrogen-bond acceptors (Lipinski definition) is 1. The molecular formula is C8H20N3PS. The summed E-state index contributed by atoms with van der Waals surface area (Å²) < 4.78 is 4.19. The van der Waals surface area contributed by atoms with E-state index in [0.29, 0.717) is 0 Å². The predicted molar refractivity (Wildman–Crippen MR) is 64.8 cm³/mol.